The molecule has 0 atom stereocenters. The van der Waals surface area contributed by atoms with Gasteiger partial charge in [0.05, 0.1) is 29.0 Å². The number of halogens is 1. The zero-order valence-corrected chi connectivity index (χ0v) is 14.4. The van der Waals surface area contributed by atoms with Crippen molar-refractivity contribution in [1.82, 2.24) is 25.4 Å². The molecular weight excluding hydrogens is 332 g/mol. The second-order valence-electron chi connectivity index (χ2n) is 4.95. The van der Waals surface area contributed by atoms with E-state index in [4.69, 9.17) is 11.6 Å². The lowest BCUT2D eigenvalue weighted by molar-refractivity contribution is 0.684. The number of nitrogens with zero attached hydrogens (tertiary/aromatic N) is 4. The molecule has 6 nitrogen and oxygen atoms in total. The molecule has 0 bridgehead atoms. The summed E-state index contributed by atoms with van der Waals surface area (Å²) >= 11 is 7.64. The van der Waals surface area contributed by atoms with Gasteiger partial charge in [0.1, 0.15) is 5.01 Å². The van der Waals surface area contributed by atoms with Crippen molar-refractivity contribution in [1.29, 1.82) is 0 Å². The first-order valence-electron chi connectivity index (χ1n) is 7.12. The minimum atomic E-state index is 0.613. The third-order valence-electron chi connectivity index (χ3n) is 3.38. The maximum Gasteiger partial charge on any atom is 0.191 e. The standard InChI is InChI=1S/C15H17ClN6S/c1-17-15(18-8-11-5-6-20-22(11)2)19-9-14-21-12-7-10(16)3-4-13(12)23-14/h3-7H,8-9H2,1-2H3,(H2,17,18,19). The Morgan fingerprint density at radius 2 is 2.13 bits per heavy atom. The van der Waals surface area contributed by atoms with Crippen molar-refractivity contribution in [2.24, 2.45) is 12.0 Å². The van der Waals surface area contributed by atoms with Gasteiger partial charge in [0, 0.05) is 25.3 Å². The molecule has 2 aromatic heterocycles. The highest BCUT2D eigenvalue weighted by atomic mass is 35.5. The molecule has 0 aliphatic heterocycles. The first kappa shape index (κ1) is 15.8. The fourth-order valence-electron chi connectivity index (χ4n) is 2.15. The van der Waals surface area contributed by atoms with Crippen LogP contribution in [0.1, 0.15) is 10.7 Å². The van der Waals surface area contributed by atoms with Crippen molar-refractivity contribution in [2.75, 3.05) is 7.05 Å². The number of guanidine groups is 1. The van der Waals surface area contributed by atoms with Gasteiger partial charge in [-0.3, -0.25) is 9.67 Å². The van der Waals surface area contributed by atoms with Gasteiger partial charge in [-0.25, -0.2) is 4.98 Å². The molecule has 0 saturated heterocycles. The number of hydrogen-bond acceptors (Lipinski definition) is 4. The summed E-state index contributed by atoms with van der Waals surface area (Å²) in [6.45, 7) is 1.27. The lowest BCUT2D eigenvalue weighted by Gasteiger charge is -2.10. The normalized spacial score (nSPS) is 11.9. The van der Waals surface area contributed by atoms with Crippen LogP contribution in [-0.2, 0) is 20.1 Å². The summed E-state index contributed by atoms with van der Waals surface area (Å²) < 4.78 is 2.96. The summed E-state index contributed by atoms with van der Waals surface area (Å²) in [5, 5.41) is 12.4. The summed E-state index contributed by atoms with van der Waals surface area (Å²) in [5.74, 6) is 0.725. The topological polar surface area (TPSA) is 67.1 Å². The molecule has 0 amide bonds. The Morgan fingerprint density at radius 1 is 1.30 bits per heavy atom. The molecule has 8 heteroatoms. The van der Waals surface area contributed by atoms with E-state index in [1.54, 1.807) is 24.6 Å². The molecule has 0 fully saturated rings. The fourth-order valence-corrected chi connectivity index (χ4v) is 3.21. The van der Waals surface area contributed by atoms with Crippen molar-refractivity contribution < 1.29 is 0 Å². The number of aryl methyl sites for hydroxylation is 1. The van der Waals surface area contributed by atoms with Crippen LogP contribution in [0.25, 0.3) is 10.2 Å². The molecule has 0 saturated carbocycles. The minimum absolute atomic E-state index is 0.613. The summed E-state index contributed by atoms with van der Waals surface area (Å²) in [6, 6.07) is 7.73. The average Bonchev–Trinajstić information content (AvgIpc) is 3.13. The first-order valence-corrected chi connectivity index (χ1v) is 8.31. The Kier molecular flexibility index (Phi) is 4.78. The van der Waals surface area contributed by atoms with Crippen LogP contribution in [0.15, 0.2) is 35.5 Å². The maximum atomic E-state index is 5.99. The predicted molar refractivity (Wildman–Crippen MR) is 94.9 cm³/mol. The van der Waals surface area contributed by atoms with E-state index in [2.05, 4.69) is 25.7 Å². The zero-order valence-electron chi connectivity index (χ0n) is 12.9. The Labute approximate surface area is 143 Å². The molecule has 0 spiro atoms. The monoisotopic (exact) mass is 348 g/mol. The van der Waals surface area contributed by atoms with Crippen LogP contribution in [-0.4, -0.2) is 27.8 Å². The van der Waals surface area contributed by atoms with Crippen molar-refractivity contribution in [3.8, 4) is 0 Å². The second-order valence-corrected chi connectivity index (χ2v) is 6.50. The van der Waals surface area contributed by atoms with Crippen LogP contribution in [0.2, 0.25) is 5.02 Å². The molecule has 23 heavy (non-hydrogen) atoms. The summed E-state index contributed by atoms with van der Waals surface area (Å²) in [4.78, 5) is 8.80. The van der Waals surface area contributed by atoms with Gasteiger partial charge in [-0.15, -0.1) is 11.3 Å². The van der Waals surface area contributed by atoms with Crippen molar-refractivity contribution in [2.45, 2.75) is 13.1 Å². The van der Waals surface area contributed by atoms with Crippen LogP contribution in [0.4, 0.5) is 0 Å². The molecule has 3 aromatic rings. The van der Waals surface area contributed by atoms with E-state index < -0.39 is 0 Å². The van der Waals surface area contributed by atoms with Crippen LogP contribution in [0, 0.1) is 0 Å². The lowest BCUT2D eigenvalue weighted by Crippen LogP contribution is -2.36. The molecular formula is C15H17ClN6S. The van der Waals surface area contributed by atoms with E-state index in [0.717, 1.165) is 26.9 Å². The molecule has 120 valence electrons. The average molecular weight is 349 g/mol. The maximum absolute atomic E-state index is 5.99. The van der Waals surface area contributed by atoms with E-state index in [1.165, 1.54) is 0 Å². The van der Waals surface area contributed by atoms with Crippen molar-refractivity contribution >= 4 is 39.1 Å². The number of hydrogen-bond donors (Lipinski definition) is 2. The third-order valence-corrected chi connectivity index (χ3v) is 4.66. The summed E-state index contributed by atoms with van der Waals surface area (Å²) in [5.41, 5.74) is 2.01. The van der Waals surface area contributed by atoms with Gasteiger partial charge in [0.2, 0.25) is 0 Å². The number of rotatable bonds is 4. The minimum Gasteiger partial charge on any atom is -0.351 e. The molecule has 2 heterocycles. The van der Waals surface area contributed by atoms with Crippen LogP contribution < -0.4 is 10.6 Å². The Balaban J connectivity index is 1.59. The molecule has 0 radical (unpaired) electrons. The van der Waals surface area contributed by atoms with Gasteiger partial charge in [0.25, 0.3) is 0 Å². The first-order chi connectivity index (χ1) is 11.2. The van der Waals surface area contributed by atoms with Crippen LogP contribution in [0.5, 0.6) is 0 Å². The van der Waals surface area contributed by atoms with Crippen molar-refractivity contribution in [3.05, 3.63) is 46.2 Å². The smallest absolute Gasteiger partial charge is 0.191 e. The number of benzene rings is 1. The van der Waals surface area contributed by atoms with Gasteiger partial charge in [0.15, 0.2) is 5.96 Å². The number of nitrogens with one attached hydrogen (secondary N) is 2. The SMILES string of the molecule is CN=C(NCc1nc2cc(Cl)ccc2s1)NCc1ccnn1C. The van der Waals surface area contributed by atoms with Gasteiger partial charge < -0.3 is 10.6 Å². The van der Waals surface area contributed by atoms with Gasteiger partial charge in [-0.2, -0.15) is 5.10 Å². The summed E-state index contributed by atoms with van der Waals surface area (Å²) in [6.07, 6.45) is 1.78. The molecule has 2 N–H and O–H groups in total. The molecule has 1 aromatic carbocycles. The number of thiazole rings is 1. The van der Waals surface area contributed by atoms with Gasteiger partial charge in [-0.05, 0) is 24.3 Å². The Morgan fingerprint density at radius 3 is 2.87 bits per heavy atom. The molecule has 0 unspecified atom stereocenters. The number of aromatic nitrogens is 3. The molecule has 0 aliphatic carbocycles. The Bertz CT molecular complexity index is 837. The van der Waals surface area contributed by atoms with Gasteiger partial charge in [-0.1, -0.05) is 11.6 Å². The number of aliphatic imine (C=N–C) groups is 1. The van der Waals surface area contributed by atoms with Gasteiger partial charge >= 0.3 is 0 Å². The second kappa shape index (κ2) is 6.97. The van der Waals surface area contributed by atoms with E-state index in [-0.39, 0.29) is 0 Å². The third kappa shape index (κ3) is 3.80. The quantitative estimate of drug-likeness (QED) is 0.561. The largest absolute Gasteiger partial charge is 0.351 e. The highest BCUT2D eigenvalue weighted by Crippen LogP contribution is 2.24. The zero-order chi connectivity index (χ0) is 16.2. The van der Waals surface area contributed by atoms with E-state index >= 15 is 0 Å². The summed E-state index contributed by atoms with van der Waals surface area (Å²) in [7, 11) is 3.66. The molecule has 0 aliphatic rings. The molecule has 3 rings (SSSR count). The van der Waals surface area contributed by atoms with Crippen molar-refractivity contribution in [3.63, 3.8) is 0 Å². The highest BCUT2D eigenvalue weighted by Gasteiger charge is 2.06. The van der Waals surface area contributed by atoms with E-state index in [9.17, 15) is 0 Å². The van der Waals surface area contributed by atoms with E-state index in [1.807, 2.05) is 36.0 Å². The number of fused-ring (bicyclic) bond motifs is 1. The van der Waals surface area contributed by atoms with Crippen LogP contribution >= 0.6 is 22.9 Å². The fraction of sp³-hybridized carbons (Fsp3) is 0.267. The van der Waals surface area contributed by atoms with E-state index in [0.29, 0.717) is 18.1 Å². The highest BCUT2D eigenvalue weighted by molar-refractivity contribution is 7.18. The van der Waals surface area contributed by atoms with Crippen LogP contribution in [0.3, 0.4) is 0 Å². The lowest BCUT2D eigenvalue weighted by atomic mass is 10.3. The Hall–Kier alpha value is -2.12. The predicted octanol–water partition coefficient (Wildman–Crippen LogP) is 2.55.